The van der Waals surface area contributed by atoms with Crippen molar-refractivity contribution in [3.8, 4) is 0 Å². The van der Waals surface area contributed by atoms with Crippen molar-refractivity contribution in [1.82, 2.24) is 15.0 Å². The number of rotatable bonds is 3. The summed E-state index contributed by atoms with van der Waals surface area (Å²) in [5.74, 6) is 0.476. The molecule has 0 bridgehead atoms. The van der Waals surface area contributed by atoms with Gasteiger partial charge in [-0.25, -0.2) is 4.79 Å². The Kier molecular flexibility index (Phi) is 4.44. The van der Waals surface area contributed by atoms with E-state index in [2.05, 4.69) is 45.7 Å². The first-order chi connectivity index (χ1) is 12.2. The molecule has 1 spiro atoms. The van der Waals surface area contributed by atoms with Gasteiger partial charge in [0, 0.05) is 25.7 Å². The predicted octanol–water partition coefficient (Wildman–Crippen LogP) is 3.19. The number of urea groups is 1. The van der Waals surface area contributed by atoms with Gasteiger partial charge in [-0.1, -0.05) is 35.5 Å². The van der Waals surface area contributed by atoms with Gasteiger partial charge in [0.2, 0.25) is 0 Å². The highest BCUT2D eigenvalue weighted by Crippen LogP contribution is 2.40. The van der Waals surface area contributed by atoms with Gasteiger partial charge >= 0.3 is 6.03 Å². The first kappa shape index (κ1) is 16.1. The van der Waals surface area contributed by atoms with Crippen LogP contribution in [-0.4, -0.2) is 47.2 Å². The molecular formula is C19H24N4O2. The van der Waals surface area contributed by atoms with Gasteiger partial charge in [-0.3, -0.25) is 10.2 Å². The quantitative estimate of drug-likeness (QED) is 0.932. The summed E-state index contributed by atoms with van der Waals surface area (Å²) in [6, 6.07) is 12.2. The summed E-state index contributed by atoms with van der Waals surface area (Å²) in [4.78, 5) is 16.8. The van der Waals surface area contributed by atoms with Crippen molar-refractivity contribution in [3.63, 3.8) is 0 Å². The smallest absolute Gasteiger partial charge is 0.323 e. The van der Waals surface area contributed by atoms with Crippen LogP contribution in [0.25, 0.3) is 0 Å². The summed E-state index contributed by atoms with van der Waals surface area (Å²) in [5, 5.41) is 6.54. The molecule has 2 aliphatic heterocycles. The van der Waals surface area contributed by atoms with Crippen LogP contribution >= 0.6 is 0 Å². The number of hydrogen-bond acceptors (Lipinski definition) is 4. The van der Waals surface area contributed by atoms with Crippen LogP contribution < -0.4 is 5.32 Å². The molecule has 1 aromatic heterocycles. The third-order valence-electron chi connectivity index (χ3n) is 5.56. The van der Waals surface area contributed by atoms with Crippen molar-refractivity contribution in [3.05, 3.63) is 48.2 Å². The molecule has 2 aliphatic rings. The topological polar surface area (TPSA) is 61.6 Å². The van der Waals surface area contributed by atoms with E-state index in [9.17, 15) is 4.79 Å². The number of nitrogens with zero attached hydrogens (tertiary/aromatic N) is 3. The van der Waals surface area contributed by atoms with Gasteiger partial charge < -0.3 is 9.42 Å². The van der Waals surface area contributed by atoms with Crippen molar-refractivity contribution in [1.29, 1.82) is 0 Å². The highest BCUT2D eigenvalue weighted by atomic mass is 16.5. The Labute approximate surface area is 147 Å². The molecule has 2 fully saturated rings. The van der Waals surface area contributed by atoms with E-state index in [0.29, 0.717) is 5.82 Å². The average molecular weight is 340 g/mol. The maximum atomic E-state index is 12.4. The highest BCUT2D eigenvalue weighted by molar-refractivity contribution is 5.88. The van der Waals surface area contributed by atoms with Gasteiger partial charge in [0.25, 0.3) is 0 Å². The summed E-state index contributed by atoms with van der Waals surface area (Å²) in [7, 11) is 0. The second-order valence-corrected chi connectivity index (χ2v) is 7.25. The molecule has 0 saturated carbocycles. The Bertz CT molecular complexity index is 693. The fourth-order valence-electron chi connectivity index (χ4n) is 4.01. The molecule has 0 unspecified atom stereocenters. The van der Waals surface area contributed by atoms with Crippen molar-refractivity contribution in [2.75, 3.05) is 31.5 Å². The standard InChI is InChI=1S/C19H24N4O2/c24-18(20-17-6-13-25-21-17)23-12-9-19(15-23)7-10-22(11-8-19)14-16-4-2-1-3-5-16/h1-6,13H,7-12,14-15H2,(H,20,21,24). The molecule has 3 heterocycles. The molecule has 0 radical (unpaired) electrons. The van der Waals surface area contributed by atoms with Crippen LogP contribution in [0.1, 0.15) is 24.8 Å². The summed E-state index contributed by atoms with van der Waals surface area (Å²) in [6.45, 7) is 4.90. The molecule has 2 saturated heterocycles. The third kappa shape index (κ3) is 3.69. The first-order valence-corrected chi connectivity index (χ1v) is 8.95. The van der Waals surface area contributed by atoms with Gasteiger partial charge in [0.05, 0.1) is 0 Å². The predicted molar refractivity (Wildman–Crippen MR) is 95.1 cm³/mol. The van der Waals surface area contributed by atoms with Crippen LogP contribution in [0.4, 0.5) is 10.6 Å². The number of hydrogen-bond donors (Lipinski definition) is 1. The van der Waals surface area contributed by atoms with Crippen LogP contribution in [0.3, 0.4) is 0 Å². The Hall–Kier alpha value is -2.34. The molecule has 1 N–H and O–H groups in total. The van der Waals surface area contributed by atoms with E-state index in [1.54, 1.807) is 6.07 Å². The number of carbonyl (C=O) groups is 1. The number of amides is 2. The second-order valence-electron chi connectivity index (χ2n) is 7.25. The molecule has 4 rings (SSSR count). The van der Waals surface area contributed by atoms with E-state index in [1.165, 1.54) is 11.8 Å². The maximum Gasteiger partial charge on any atom is 0.323 e. The molecular weight excluding hydrogens is 316 g/mol. The average Bonchev–Trinajstić information content (AvgIpc) is 3.29. The molecule has 2 amide bonds. The molecule has 132 valence electrons. The lowest BCUT2D eigenvalue weighted by atomic mass is 9.77. The fraction of sp³-hybridized carbons (Fsp3) is 0.474. The van der Waals surface area contributed by atoms with Crippen molar-refractivity contribution in [2.45, 2.75) is 25.8 Å². The minimum absolute atomic E-state index is 0.0718. The van der Waals surface area contributed by atoms with E-state index in [4.69, 9.17) is 4.52 Å². The monoisotopic (exact) mass is 340 g/mol. The zero-order valence-corrected chi connectivity index (χ0v) is 14.4. The van der Waals surface area contributed by atoms with Crippen LogP contribution in [0.5, 0.6) is 0 Å². The van der Waals surface area contributed by atoms with E-state index < -0.39 is 0 Å². The number of nitrogens with one attached hydrogen (secondary N) is 1. The zero-order valence-electron chi connectivity index (χ0n) is 14.4. The lowest BCUT2D eigenvalue weighted by Crippen LogP contribution is -2.42. The molecule has 0 aliphatic carbocycles. The van der Waals surface area contributed by atoms with Crippen LogP contribution in [0.2, 0.25) is 0 Å². The Morgan fingerprint density at radius 2 is 1.88 bits per heavy atom. The number of benzene rings is 1. The molecule has 0 atom stereocenters. The lowest BCUT2D eigenvalue weighted by Gasteiger charge is -2.39. The molecule has 1 aromatic carbocycles. The fourth-order valence-corrected chi connectivity index (χ4v) is 4.01. The number of piperidine rings is 1. The minimum Gasteiger partial charge on any atom is -0.363 e. The number of anilines is 1. The lowest BCUT2D eigenvalue weighted by molar-refractivity contribution is 0.106. The number of carbonyl (C=O) groups excluding carboxylic acids is 1. The SMILES string of the molecule is O=C(Nc1ccon1)N1CCC2(CCN(Cc3ccccc3)CC2)C1. The number of likely N-dealkylation sites (tertiary alicyclic amines) is 2. The molecule has 6 nitrogen and oxygen atoms in total. The van der Waals surface area contributed by atoms with E-state index in [0.717, 1.165) is 52.0 Å². The van der Waals surface area contributed by atoms with E-state index >= 15 is 0 Å². The Morgan fingerprint density at radius 1 is 1.12 bits per heavy atom. The normalized spacial score (nSPS) is 20.1. The largest absolute Gasteiger partial charge is 0.363 e. The molecule has 2 aromatic rings. The molecule has 25 heavy (non-hydrogen) atoms. The summed E-state index contributed by atoms with van der Waals surface area (Å²) in [5.41, 5.74) is 1.66. The van der Waals surface area contributed by atoms with E-state index in [1.807, 2.05) is 4.90 Å². The maximum absolute atomic E-state index is 12.4. The minimum atomic E-state index is -0.0718. The van der Waals surface area contributed by atoms with Crippen molar-refractivity contribution in [2.24, 2.45) is 5.41 Å². The zero-order chi connectivity index (χ0) is 17.1. The Morgan fingerprint density at radius 3 is 2.60 bits per heavy atom. The highest BCUT2D eigenvalue weighted by Gasteiger charge is 2.42. The number of aromatic nitrogens is 1. The summed E-state index contributed by atoms with van der Waals surface area (Å²) in [6.07, 6.45) is 4.88. The van der Waals surface area contributed by atoms with Gasteiger partial charge in [-0.05, 0) is 43.3 Å². The molecule has 6 heteroatoms. The summed E-state index contributed by atoms with van der Waals surface area (Å²) < 4.78 is 4.76. The summed E-state index contributed by atoms with van der Waals surface area (Å²) >= 11 is 0. The van der Waals surface area contributed by atoms with Crippen molar-refractivity contribution < 1.29 is 9.32 Å². The van der Waals surface area contributed by atoms with E-state index in [-0.39, 0.29) is 11.4 Å². The van der Waals surface area contributed by atoms with Crippen LogP contribution in [0.15, 0.2) is 47.2 Å². The van der Waals surface area contributed by atoms with Crippen LogP contribution in [0, 0.1) is 5.41 Å². The van der Waals surface area contributed by atoms with Gasteiger partial charge in [-0.2, -0.15) is 0 Å². The Balaban J connectivity index is 1.29. The third-order valence-corrected chi connectivity index (χ3v) is 5.56. The van der Waals surface area contributed by atoms with Crippen LogP contribution in [-0.2, 0) is 6.54 Å². The second kappa shape index (κ2) is 6.88. The van der Waals surface area contributed by atoms with Crippen molar-refractivity contribution >= 4 is 11.8 Å². The van der Waals surface area contributed by atoms with Gasteiger partial charge in [-0.15, -0.1) is 0 Å². The van der Waals surface area contributed by atoms with Gasteiger partial charge in [0.15, 0.2) is 5.82 Å². The first-order valence-electron chi connectivity index (χ1n) is 8.95. The van der Waals surface area contributed by atoms with Gasteiger partial charge in [0.1, 0.15) is 6.26 Å².